The smallest absolute Gasteiger partial charge is 0.321 e. The Balaban J connectivity index is 2.26. The van der Waals surface area contributed by atoms with Crippen molar-refractivity contribution in [2.75, 3.05) is 11.9 Å². The number of carbonyl (C=O) groups is 1. The maximum atomic E-state index is 11.3. The van der Waals surface area contributed by atoms with Crippen molar-refractivity contribution in [2.24, 2.45) is 5.92 Å². The van der Waals surface area contributed by atoms with E-state index in [1.165, 1.54) is 6.26 Å². The van der Waals surface area contributed by atoms with Crippen LogP contribution in [0.3, 0.4) is 0 Å². The van der Waals surface area contributed by atoms with E-state index in [0.717, 1.165) is 0 Å². The third kappa shape index (κ3) is 4.50. The van der Waals surface area contributed by atoms with Gasteiger partial charge in [-0.2, -0.15) is 0 Å². The number of carbonyl (C=O) groups excluding carboxylic acids is 1. The molecule has 0 unspecified atom stereocenters. The number of urea groups is 1. The minimum Gasteiger partial charge on any atom is -0.449 e. The van der Waals surface area contributed by atoms with Crippen molar-refractivity contribution in [2.45, 2.75) is 13.8 Å². The number of rotatable bonds is 3. The lowest BCUT2D eigenvalue weighted by Crippen LogP contribution is -2.43. The molecule has 0 bridgehead atoms. The number of anilines is 1. The normalized spacial score (nSPS) is 9.94. The lowest BCUT2D eigenvalue weighted by molar-refractivity contribution is 0.244. The van der Waals surface area contributed by atoms with Crippen LogP contribution in [0.1, 0.15) is 13.8 Å². The molecule has 0 fully saturated rings. The third-order valence-electron chi connectivity index (χ3n) is 1.68. The second-order valence-electron chi connectivity index (χ2n) is 3.71. The van der Waals surface area contributed by atoms with Gasteiger partial charge in [0.25, 0.3) is 0 Å². The van der Waals surface area contributed by atoms with Gasteiger partial charge in [-0.1, -0.05) is 13.8 Å². The van der Waals surface area contributed by atoms with Gasteiger partial charge in [0.2, 0.25) is 5.96 Å². The molecule has 0 saturated carbocycles. The molecule has 6 heteroatoms. The summed E-state index contributed by atoms with van der Waals surface area (Å²) < 4.78 is 4.96. The van der Waals surface area contributed by atoms with E-state index in [1.807, 2.05) is 13.8 Å². The van der Waals surface area contributed by atoms with Crippen LogP contribution in [0.5, 0.6) is 0 Å². The summed E-state index contributed by atoms with van der Waals surface area (Å²) in [5.74, 6) is 0.656. The maximum Gasteiger partial charge on any atom is 0.321 e. The van der Waals surface area contributed by atoms with Crippen LogP contribution < -0.4 is 16.0 Å². The SMILES string of the molecule is CC(C)CNC(=O)NC(=N)Nc1ccco1. The Morgan fingerprint density at radius 1 is 1.56 bits per heavy atom. The summed E-state index contributed by atoms with van der Waals surface area (Å²) in [5, 5.41) is 15.0. The number of hydrogen-bond acceptors (Lipinski definition) is 3. The molecule has 16 heavy (non-hydrogen) atoms. The van der Waals surface area contributed by atoms with Crippen LogP contribution in [0, 0.1) is 11.3 Å². The summed E-state index contributed by atoms with van der Waals surface area (Å²) >= 11 is 0. The predicted octanol–water partition coefficient (Wildman–Crippen LogP) is 1.58. The van der Waals surface area contributed by atoms with Gasteiger partial charge in [-0.05, 0) is 12.0 Å². The van der Waals surface area contributed by atoms with Gasteiger partial charge in [-0.3, -0.25) is 16.0 Å². The van der Waals surface area contributed by atoms with E-state index >= 15 is 0 Å². The van der Waals surface area contributed by atoms with Gasteiger partial charge < -0.3 is 9.73 Å². The van der Waals surface area contributed by atoms with E-state index in [2.05, 4.69) is 16.0 Å². The zero-order valence-electron chi connectivity index (χ0n) is 9.33. The molecule has 0 saturated heterocycles. The van der Waals surface area contributed by atoms with Crippen LogP contribution in [0.25, 0.3) is 0 Å². The molecule has 0 atom stereocenters. The summed E-state index contributed by atoms with van der Waals surface area (Å²) in [5.41, 5.74) is 0. The molecule has 2 amide bonds. The topological polar surface area (TPSA) is 90.2 Å². The second kappa shape index (κ2) is 5.79. The first kappa shape index (κ1) is 12.1. The minimum atomic E-state index is -0.405. The highest BCUT2D eigenvalue weighted by atomic mass is 16.3. The first-order chi connectivity index (χ1) is 7.58. The Bertz CT molecular complexity index is 346. The van der Waals surface area contributed by atoms with Crippen molar-refractivity contribution < 1.29 is 9.21 Å². The van der Waals surface area contributed by atoms with Crippen molar-refractivity contribution in [1.29, 1.82) is 5.41 Å². The highest BCUT2D eigenvalue weighted by molar-refractivity contribution is 6.01. The van der Waals surface area contributed by atoms with Gasteiger partial charge in [0.1, 0.15) is 0 Å². The minimum absolute atomic E-state index is 0.129. The molecule has 1 aromatic heterocycles. The van der Waals surface area contributed by atoms with Crippen molar-refractivity contribution >= 4 is 17.9 Å². The Hall–Kier alpha value is -1.98. The monoisotopic (exact) mass is 224 g/mol. The third-order valence-corrected chi connectivity index (χ3v) is 1.68. The van der Waals surface area contributed by atoms with Crippen molar-refractivity contribution in [3.05, 3.63) is 18.4 Å². The molecule has 0 radical (unpaired) electrons. The van der Waals surface area contributed by atoms with Crippen molar-refractivity contribution in [3.63, 3.8) is 0 Å². The van der Waals surface area contributed by atoms with Crippen LogP contribution in [0.2, 0.25) is 0 Å². The molecule has 88 valence electrons. The van der Waals surface area contributed by atoms with Gasteiger partial charge >= 0.3 is 6.03 Å². The van der Waals surface area contributed by atoms with Gasteiger partial charge in [0, 0.05) is 12.6 Å². The first-order valence-electron chi connectivity index (χ1n) is 5.02. The van der Waals surface area contributed by atoms with Gasteiger partial charge in [0.05, 0.1) is 6.26 Å². The summed E-state index contributed by atoms with van der Waals surface area (Å²) in [7, 11) is 0. The Labute approximate surface area is 93.9 Å². The lowest BCUT2D eigenvalue weighted by atomic mass is 10.2. The number of nitrogens with one attached hydrogen (secondary N) is 4. The predicted molar refractivity (Wildman–Crippen MR) is 61.4 cm³/mol. The van der Waals surface area contributed by atoms with Gasteiger partial charge in [0.15, 0.2) is 5.88 Å². The molecule has 0 aromatic carbocycles. The molecule has 1 heterocycles. The number of hydrogen-bond donors (Lipinski definition) is 4. The van der Waals surface area contributed by atoms with Crippen molar-refractivity contribution in [3.8, 4) is 0 Å². The highest BCUT2D eigenvalue weighted by Gasteiger charge is 2.05. The largest absolute Gasteiger partial charge is 0.449 e. The van der Waals surface area contributed by atoms with Crippen LogP contribution in [0.15, 0.2) is 22.8 Å². The molecular formula is C10H16N4O2. The van der Waals surface area contributed by atoms with E-state index < -0.39 is 6.03 Å². The molecule has 0 aliphatic rings. The maximum absolute atomic E-state index is 11.3. The fourth-order valence-corrected chi connectivity index (χ4v) is 0.959. The Morgan fingerprint density at radius 3 is 2.88 bits per heavy atom. The zero-order valence-corrected chi connectivity index (χ0v) is 9.33. The molecule has 0 aliphatic heterocycles. The molecule has 4 N–H and O–H groups in total. The summed E-state index contributed by atoms with van der Waals surface area (Å²) in [6.45, 7) is 4.55. The quantitative estimate of drug-likeness (QED) is 0.464. The summed E-state index contributed by atoms with van der Waals surface area (Å²) in [6, 6.07) is 2.94. The van der Waals surface area contributed by atoms with Crippen LogP contribution >= 0.6 is 0 Å². The zero-order chi connectivity index (χ0) is 12.0. The van der Waals surface area contributed by atoms with Crippen LogP contribution in [0.4, 0.5) is 10.7 Å². The first-order valence-corrected chi connectivity index (χ1v) is 5.02. The van der Waals surface area contributed by atoms with Crippen molar-refractivity contribution in [1.82, 2.24) is 10.6 Å². The van der Waals surface area contributed by atoms with E-state index in [-0.39, 0.29) is 5.96 Å². The number of furan rings is 1. The Morgan fingerprint density at radius 2 is 2.31 bits per heavy atom. The molecular weight excluding hydrogens is 208 g/mol. The van der Waals surface area contributed by atoms with Crippen LogP contribution in [-0.2, 0) is 0 Å². The fraction of sp³-hybridized carbons (Fsp3) is 0.400. The fourth-order valence-electron chi connectivity index (χ4n) is 0.959. The van der Waals surface area contributed by atoms with Gasteiger partial charge in [-0.25, -0.2) is 4.79 Å². The lowest BCUT2D eigenvalue weighted by Gasteiger charge is -2.10. The molecule has 1 rings (SSSR count). The van der Waals surface area contributed by atoms with E-state index in [0.29, 0.717) is 18.3 Å². The van der Waals surface area contributed by atoms with E-state index in [9.17, 15) is 4.79 Å². The van der Waals surface area contributed by atoms with Crippen LogP contribution in [-0.4, -0.2) is 18.5 Å². The average Bonchev–Trinajstić information content (AvgIpc) is 2.67. The number of amides is 2. The summed E-state index contributed by atoms with van der Waals surface area (Å²) in [6.07, 6.45) is 1.48. The molecule has 1 aromatic rings. The second-order valence-corrected chi connectivity index (χ2v) is 3.71. The van der Waals surface area contributed by atoms with Gasteiger partial charge in [-0.15, -0.1) is 0 Å². The molecule has 0 spiro atoms. The standard InChI is InChI=1S/C10H16N4O2/c1-7(2)6-12-10(15)14-9(11)13-8-4-3-5-16-8/h3-5,7H,6H2,1-2H3,(H4,11,12,13,14,15). The molecule has 0 aliphatic carbocycles. The highest BCUT2D eigenvalue weighted by Crippen LogP contribution is 2.05. The average molecular weight is 224 g/mol. The Kier molecular flexibility index (Phi) is 4.38. The summed E-state index contributed by atoms with van der Waals surface area (Å²) in [4.78, 5) is 11.3. The molecule has 6 nitrogen and oxygen atoms in total. The van der Waals surface area contributed by atoms with E-state index in [4.69, 9.17) is 9.83 Å². The van der Waals surface area contributed by atoms with E-state index in [1.54, 1.807) is 12.1 Å². The number of guanidine groups is 1.